The number of nitrogens with zero attached hydrogens (tertiary/aromatic N) is 4. The second kappa shape index (κ2) is 10.4. The van der Waals surface area contributed by atoms with Crippen molar-refractivity contribution in [3.63, 3.8) is 0 Å². The standard InChI is InChI=1S/C29H38ClN5O4/c1-27(2,3)39-26(37)34-12-10-20(11-13-34)35-17-19(16-32-35)23(36)33-24-28(4,5)25(29(24,6)7)38-21-9-8-18(15-31)22(30)14-21/h8-9,14,16-17,20,24-25H,10-13H2,1-7H3,(H,33,36). The summed E-state index contributed by atoms with van der Waals surface area (Å²) in [5.74, 6) is 0.410. The van der Waals surface area contributed by atoms with Crippen molar-refractivity contribution in [2.24, 2.45) is 10.8 Å². The molecule has 1 aliphatic heterocycles. The zero-order chi connectivity index (χ0) is 28.8. The van der Waals surface area contributed by atoms with Gasteiger partial charge in [-0.15, -0.1) is 0 Å². The first kappa shape index (κ1) is 28.8. The molecule has 2 aliphatic rings. The molecule has 210 valence electrons. The van der Waals surface area contributed by atoms with E-state index >= 15 is 0 Å². The fraction of sp³-hybridized carbons (Fsp3) is 0.586. The van der Waals surface area contributed by atoms with Gasteiger partial charge in [-0.2, -0.15) is 10.4 Å². The molecule has 2 heterocycles. The molecular formula is C29H38ClN5O4. The van der Waals surface area contributed by atoms with Crippen LogP contribution in [-0.4, -0.2) is 57.5 Å². The predicted octanol–water partition coefficient (Wildman–Crippen LogP) is 5.59. The first-order valence-corrected chi connectivity index (χ1v) is 13.7. The molecule has 2 amide bonds. The Hall–Kier alpha value is -3.25. The maximum Gasteiger partial charge on any atom is 0.410 e. The topological polar surface area (TPSA) is 109 Å². The summed E-state index contributed by atoms with van der Waals surface area (Å²) in [6.45, 7) is 15.0. The molecule has 9 nitrogen and oxygen atoms in total. The molecule has 1 N–H and O–H groups in total. The fourth-order valence-corrected chi connectivity index (χ4v) is 6.32. The van der Waals surface area contributed by atoms with Crippen molar-refractivity contribution in [2.45, 2.75) is 85.1 Å². The zero-order valence-electron chi connectivity index (χ0n) is 23.7. The van der Waals surface area contributed by atoms with Gasteiger partial charge in [0, 0.05) is 42.2 Å². The molecule has 2 aromatic rings. The van der Waals surface area contributed by atoms with Crippen LogP contribution in [-0.2, 0) is 4.74 Å². The first-order chi connectivity index (χ1) is 18.1. The van der Waals surface area contributed by atoms with Gasteiger partial charge >= 0.3 is 6.09 Å². The number of nitrogens with one attached hydrogen (secondary N) is 1. The molecular weight excluding hydrogens is 518 g/mol. The van der Waals surface area contributed by atoms with E-state index in [4.69, 9.17) is 26.3 Å². The lowest BCUT2D eigenvalue weighted by Gasteiger charge is -2.63. The number of benzene rings is 1. The first-order valence-electron chi connectivity index (χ1n) is 13.3. The molecule has 1 aromatic heterocycles. The van der Waals surface area contributed by atoms with Gasteiger partial charge in [0.15, 0.2) is 0 Å². The highest BCUT2D eigenvalue weighted by Crippen LogP contribution is 2.55. The van der Waals surface area contributed by atoms with Crippen molar-refractivity contribution in [1.82, 2.24) is 20.0 Å². The SMILES string of the molecule is CC(C)(C)OC(=O)N1CCC(n2cc(C(=O)NC3C(C)(C)C(Oc4ccc(C#N)c(Cl)c4)C3(C)C)cn2)CC1. The van der Waals surface area contributed by atoms with Crippen molar-refractivity contribution in [2.75, 3.05) is 13.1 Å². The summed E-state index contributed by atoms with van der Waals surface area (Å²) in [5, 5.41) is 17.2. The van der Waals surface area contributed by atoms with E-state index in [0.29, 0.717) is 35.0 Å². The summed E-state index contributed by atoms with van der Waals surface area (Å²) < 4.78 is 13.6. The fourth-order valence-electron chi connectivity index (χ4n) is 6.10. The lowest BCUT2D eigenvalue weighted by molar-refractivity contribution is -0.164. The number of likely N-dealkylation sites (tertiary alicyclic amines) is 1. The molecule has 0 bridgehead atoms. The van der Waals surface area contributed by atoms with Crippen LogP contribution >= 0.6 is 11.6 Å². The van der Waals surface area contributed by atoms with E-state index in [1.807, 2.05) is 25.5 Å². The number of piperidine rings is 1. The minimum Gasteiger partial charge on any atom is -0.489 e. The number of carbonyl (C=O) groups is 2. The third-order valence-corrected chi connectivity index (χ3v) is 8.10. The zero-order valence-corrected chi connectivity index (χ0v) is 24.5. The van der Waals surface area contributed by atoms with Crippen LogP contribution in [0.2, 0.25) is 5.02 Å². The summed E-state index contributed by atoms with van der Waals surface area (Å²) in [5.41, 5.74) is -0.339. The molecule has 1 aliphatic carbocycles. The van der Waals surface area contributed by atoms with E-state index < -0.39 is 5.60 Å². The summed E-state index contributed by atoms with van der Waals surface area (Å²) in [6.07, 6.45) is 4.38. The van der Waals surface area contributed by atoms with E-state index in [-0.39, 0.29) is 41.0 Å². The quantitative estimate of drug-likeness (QED) is 0.515. The van der Waals surface area contributed by atoms with E-state index in [1.54, 1.807) is 35.5 Å². The maximum atomic E-state index is 13.3. The van der Waals surface area contributed by atoms with Gasteiger partial charge in [0.25, 0.3) is 5.91 Å². The second-order valence-electron chi connectivity index (χ2n) is 12.7. The number of amides is 2. The van der Waals surface area contributed by atoms with Crippen LogP contribution in [0.4, 0.5) is 4.79 Å². The van der Waals surface area contributed by atoms with E-state index in [9.17, 15) is 9.59 Å². The molecule has 0 atom stereocenters. The van der Waals surface area contributed by atoms with Crippen LogP contribution in [0.1, 0.15) is 83.3 Å². The summed E-state index contributed by atoms with van der Waals surface area (Å²) >= 11 is 6.19. The highest BCUT2D eigenvalue weighted by atomic mass is 35.5. The third kappa shape index (κ3) is 5.86. The lowest BCUT2D eigenvalue weighted by Crippen LogP contribution is -2.74. The van der Waals surface area contributed by atoms with E-state index in [1.165, 1.54) is 0 Å². The largest absolute Gasteiger partial charge is 0.489 e. The Labute approximate surface area is 235 Å². The predicted molar refractivity (Wildman–Crippen MR) is 148 cm³/mol. The number of rotatable bonds is 5. The Morgan fingerprint density at radius 1 is 1.15 bits per heavy atom. The number of hydrogen-bond donors (Lipinski definition) is 1. The minimum atomic E-state index is -0.523. The number of ether oxygens (including phenoxy) is 2. The van der Waals surface area contributed by atoms with E-state index in [0.717, 1.165) is 12.8 Å². The molecule has 0 unspecified atom stereocenters. The Morgan fingerprint density at radius 3 is 2.36 bits per heavy atom. The van der Waals surface area contributed by atoms with Crippen LogP contribution in [0.3, 0.4) is 0 Å². The highest BCUT2D eigenvalue weighted by molar-refractivity contribution is 6.31. The van der Waals surface area contributed by atoms with Gasteiger partial charge in [-0.25, -0.2) is 4.79 Å². The number of hydrogen-bond acceptors (Lipinski definition) is 6. The summed E-state index contributed by atoms with van der Waals surface area (Å²) in [6, 6.07) is 7.07. The van der Waals surface area contributed by atoms with Gasteiger partial charge < -0.3 is 19.7 Å². The Kier molecular flexibility index (Phi) is 7.65. The van der Waals surface area contributed by atoms with Crippen LogP contribution < -0.4 is 10.1 Å². The van der Waals surface area contributed by atoms with E-state index in [2.05, 4.69) is 44.2 Å². The number of aromatic nitrogens is 2. The van der Waals surface area contributed by atoms with Crippen molar-refractivity contribution in [1.29, 1.82) is 5.26 Å². The smallest absolute Gasteiger partial charge is 0.410 e. The van der Waals surface area contributed by atoms with Gasteiger partial charge in [0.1, 0.15) is 23.5 Å². The number of carbonyl (C=O) groups excluding carboxylic acids is 2. The maximum absolute atomic E-state index is 13.3. The normalized spacial score (nSPS) is 22.4. The molecule has 0 radical (unpaired) electrons. The van der Waals surface area contributed by atoms with Gasteiger partial charge in [-0.3, -0.25) is 9.48 Å². The van der Waals surface area contributed by atoms with Gasteiger partial charge in [0.05, 0.1) is 28.4 Å². The van der Waals surface area contributed by atoms with Crippen molar-refractivity contribution >= 4 is 23.6 Å². The van der Waals surface area contributed by atoms with Crippen LogP contribution in [0.15, 0.2) is 30.6 Å². The minimum absolute atomic E-state index is 0.110. The Morgan fingerprint density at radius 2 is 1.79 bits per heavy atom. The molecule has 1 saturated heterocycles. The Balaban J connectivity index is 1.36. The second-order valence-corrected chi connectivity index (χ2v) is 13.1. The highest BCUT2D eigenvalue weighted by Gasteiger charge is 2.64. The molecule has 1 aromatic carbocycles. The number of halogens is 1. The van der Waals surface area contributed by atoms with Gasteiger partial charge in [-0.05, 0) is 45.7 Å². The molecule has 1 saturated carbocycles. The molecule has 39 heavy (non-hydrogen) atoms. The molecule has 0 spiro atoms. The molecule has 4 rings (SSSR count). The van der Waals surface area contributed by atoms with Gasteiger partial charge in [-0.1, -0.05) is 39.3 Å². The monoisotopic (exact) mass is 555 g/mol. The molecule has 2 fully saturated rings. The van der Waals surface area contributed by atoms with Crippen molar-refractivity contribution < 1.29 is 19.1 Å². The van der Waals surface area contributed by atoms with Crippen molar-refractivity contribution in [3.8, 4) is 11.8 Å². The van der Waals surface area contributed by atoms with Crippen LogP contribution in [0, 0.1) is 22.2 Å². The average molecular weight is 556 g/mol. The summed E-state index contributed by atoms with van der Waals surface area (Å²) in [7, 11) is 0. The lowest BCUT2D eigenvalue weighted by atomic mass is 9.49. The van der Waals surface area contributed by atoms with Crippen LogP contribution in [0.25, 0.3) is 0 Å². The average Bonchev–Trinajstić information content (AvgIpc) is 3.35. The molecule has 10 heteroatoms. The Bertz CT molecular complexity index is 1270. The third-order valence-electron chi connectivity index (χ3n) is 7.78. The van der Waals surface area contributed by atoms with Gasteiger partial charge in [0.2, 0.25) is 0 Å². The van der Waals surface area contributed by atoms with Crippen LogP contribution in [0.5, 0.6) is 5.75 Å². The van der Waals surface area contributed by atoms with Crippen molar-refractivity contribution in [3.05, 3.63) is 46.7 Å². The number of nitriles is 1. The summed E-state index contributed by atoms with van der Waals surface area (Å²) in [4.78, 5) is 27.3.